The zero-order valence-electron chi connectivity index (χ0n) is 11.4. The largest absolute Gasteiger partial charge is 0.379 e. The van der Waals surface area contributed by atoms with Crippen LogP contribution in [0.3, 0.4) is 0 Å². The summed E-state index contributed by atoms with van der Waals surface area (Å²) in [6, 6.07) is 6.85. The molecule has 5 nitrogen and oxygen atoms in total. The van der Waals surface area contributed by atoms with E-state index in [2.05, 4.69) is 21.9 Å². The fourth-order valence-electron chi connectivity index (χ4n) is 1.73. The minimum atomic E-state index is -3.46. The summed E-state index contributed by atoms with van der Waals surface area (Å²) in [5, 5.41) is 4.24. The summed E-state index contributed by atoms with van der Waals surface area (Å²) in [5.41, 5.74) is 0.591. The van der Waals surface area contributed by atoms with Gasteiger partial charge in [0.25, 0.3) is 0 Å². The molecule has 0 radical (unpaired) electrons. The van der Waals surface area contributed by atoms with Crippen molar-refractivity contribution in [2.24, 2.45) is 0 Å². The monoisotopic (exact) mass is 311 g/mol. The molecule has 2 aromatic rings. The van der Waals surface area contributed by atoms with Crippen LogP contribution in [-0.4, -0.2) is 20.4 Å². The molecule has 2 rings (SSSR count). The van der Waals surface area contributed by atoms with Gasteiger partial charge in [-0.2, -0.15) is 0 Å². The number of hydrogen-bond acceptors (Lipinski definition) is 5. The van der Waals surface area contributed by atoms with E-state index >= 15 is 0 Å². The van der Waals surface area contributed by atoms with Crippen molar-refractivity contribution >= 4 is 27.0 Å². The summed E-state index contributed by atoms with van der Waals surface area (Å²) in [6.45, 7) is 2.62. The second-order valence-electron chi connectivity index (χ2n) is 4.13. The lowest BCUT2D eigenvalue weighted by Crippen LogP contribution is -2.20. The van der Waals surface area contributed by atoms with Crippen LogP contribution in [0.25, 0.3) is 0 Å². The molecule has 0 amide bonds. The summed E-state index contributed by atoms with van der Waals surface area (Å²) >= 11 is 1.63. The highest BCUT2D eigenvalue weighted by atomic mass is 32.2. The highest BCUT2D eigenvalue weighted by molar-refractivity contribution is 7.89. The topological polar surface area (TPSA) is 71.1 Å². The fourth-order valence-corrected chi connectivity index (χ4v) is 3.44. The maximum absolute atomic E-state index is 11.9. The van der Waals surface area contributed by atoms with Gasteiger partial charge in [0.1, 0.15) is 4.90 Å². The third-order valence-electron chi connectivity index (χ3n) is 2.80. The molecule has 0 atom stereocenters. The number of nitrogens with one attached hydrogen (secondary N) is 2. The van der Waals surface area contributed by atoms with E-state index in [1.165, 1.54) is 7.05 Å². The standard InChI is InChI=1S/C13H17N3O2S2/c1-3-13-16-9-10(19-13)8-15-11-6-4-5-7-12(11)20(17,18)14-2/h4-7,9,14-15H,3,8H2,1-2H3. The Hall–Kier alpha value is -1.44. The smallest absolute Gasteiger partial charge is 0.242 e. The second-order valence-corrected chi connectivity index (χ2v) is 7.19. The molecule has 0 aliphatic heterocycles. The number of hydrogen-bond donors (Lipinski definition) is 2. The molecule has 0 fully saturated rings. The van der Waals surface area contributed by atoms with Gasteiger partial charge >= 0.3 is 0 Å². The minimum absolute atomic E-state index is 0.253. The molecule has 0 aliphatic carbocycles. The van der Waals surface area contributed by atoms with Crippen molar-refractivity contribution < 1.29 is 8.42 Å². The average Bonchev–Trinajstić information content (AvgIpc) is 2.93. The van der Waals surface area contributed by atoms with Gasteiger partial charge in [-0.25, -0.2) is 18.1 Å². The van der Waals surface area contributed by atoms with Crippen molar-refractivity contribution in [2.75, 3.05) is 12.4 Å². The van der Waals surface area contributed by atoms with E-state index in [1.807, 2.05) is 6.20 Å². The van der Waals surface area contributed by atoms with E-state index in [-0.39, 0.29) is 4.90 Å². The Balaban J connectivity index is 2.18. The first-order valence-corrected chi connectivity index (χ1v) is 8.57. The molecular weight excluding hydrogens is 294 g/mol. The average molecular weight is 311 g/mol. The molecule has 1 aromatic carbocycles. The van der Waals surface area contributed by atoms with Crippen molar-refractivity contribution in [2.45, 2.75) is 24.8 Å². The summed E-state index contributed by atoms with van der Waals surface area (Å²) < 4.78 is 26.2. The van der Waals surface area contributed by atoms with Crippen LogP contribution in [0.1, 0.15) is 16.8 Å². The number of para-hydroxylation sites is 1. The second kappa shape index (κ2) is 6.34. The van der Waals surface area contributed by atoms with Crippen molar-refractivity contribution in [3.8, 4) is 0 Å². The van der Waals surface area contributed by atoms with Gasteiger partial charge in [-0.15, -0.1) is 11.3 Å². The third-order valence-corrected chi connectivity index (χ3v) is 5.42. The first kappa shape index (κ1) is 15.0. The zero-order chi connectivity index (χ0) is 14.6. The number of sulfonamides is 1. The van der Waals surface area contributed by atoms with E-state index in [9.17, 15) is 8.42 Å². The lowest BCUT2D eigenvalue weighted by atomic mass is 10.3. The summed E-state index contributed by atoms with van der Waals surface area (Å²) in [7, 11) is -2.05. The Bertz CT molecular complexity index is 680. The Morgan fingerprint density at radius 2 is 2.05 bits per heavy atom. The highest BCUT2D eigenvalue weighted by Gasteiger charge is 2.15. The SMILES string of the molecule is CCc1ncc(CNc2ccccc2S(=O)(=O)NC)s1. The van der Waals surface area contributed by atoms with Crippen LogP contribution in [0, 0.1) is 0 Å². The number of aromatic nitrogens is 1. The normalized spacial score (nSPS) is 11.5. The molecule has 20 heavy (non-hydrogen) atoms. The van der Waals surface area contributed by atoms with Crippen LogP contribution in [-0.2, 0) is 23.0 Å². The summed E-state index contributed by atoms with van der Waals surface area (Å²) in [5.74, 6) is 0. The van der Waals surface area contributed by atoms with Gasteiger partial charge in [0.2, 0.25) is 10.0 Å². The molecule has 2 N–H and O–H groups in total. The van der Waals surface area contributed by atoms with Crippen LogP contribution < -0.4 is 10.0 Å². The lowest BCUT2D eigenvalue weighted by molar-refractivity contribution is 0.588. The van der Waals surface area contributed by atoms with Crippen molar-refractivity contribution in [3.05, 3.63) is 40.3 Å². The first-order valence-electron chi connectivity index (χ1n) is 6.27. The quantitative estimate of drug-likeness (QED) is 0.858. The van der Waals surface area contributed by atoms with E-state index in [4.69, 9.17) is 0 Å². The molecule has 0 aliphatic rings. The van der Waals surface area contributed by atoms with Crippen LogP contribution in [0.2, 0.25) is 0 Å². The fraction of sp³-hybridized carbons (Fsp3) is 0.308. The van der Waals surface area contributed by atoms with Crippen molar-refractivity contribution in [1.82, 2.24) is 9.71 Å². The number of anilines is 1. The predicted octanol–water partition coefficient (Wildman–Crippen LogP) is 2.23. The van der Waals surface area contributed by atoms with Gasteiger partial charge in [-0.05, 0) is 25.6 Å². The minimum Gasteiger partial charge on any atom is -0.379 e. The van der Waals surface area contributed by atoms with E-state index in [1.54, 1.807) is 35.6 Å². The number of rotatable bonds is 6. The first-order chi connectivity index (χ1) is 9.56. The van der Waals surface area contributed by atoms with Gasteiger partial charge in [0, 0.05) is 11.1 Å². The predicted molar refractivity (Wildman–Crippen MR) is 81.5 cm³/mol. The molecule has 0 unspecified atom stereocenters. The lowest BCUT2D eigenvalue weighted by Gasteiger charge is -2.11. The van der Waals surface area contributed by atoms with E-state index in [0.29, 0.717) is 12.2 Å². The molecule has 7 heteroatoms. The van der Waals surface area contributed by atoms with E-state index < -0.39 is 10.0 Å². The Morgan fingerprint density at radius 1 is 1.30 bits per heavy atom. The molecule has 1 aromatic heterocycles. The van der Waals surface area contributed by atoms with Crippen LogP contribution in [0.5, 0.6) is 0 Å². The molecule has 0 bridgehead atoms. The molecule has 0 spiro atoms. The number of nitrogens with zero attached hydrogens (tertiary/aromatic N) is 1. The maximum Gasteiger partial charge on any atom is 0.242 e. The van der Waals surface area contributed by atoms with Gasteiger partial charge in [-0.3, -0.25) is 0 Å². The van der Waals surface area contributed by atoms with Crippen molar-refractivity contribution in [3.63, 3.8) is 0 Å². The summed E-state index contributed by atoms with van der Waals surface area (Å²) in [6.07, 6.45) is 2.74. The van der Waals surface area contributed by atoms with Crippen molar-refractivity contribution in [1.29, 1.82) is 0 Å². The number of benzene rings is 1. The summed E-state index contributed by atoms with van der Waals surface area (Å²) in [4.78, 5) is 5.62. The van der Waals surface area contributed by atoms with Crippen LogP contribution >= 0.6 is 11.3 Å². The molecule has 0 saturated carbocycles. The zero-order valence-corrected chi connectivity index (χ0v) is 13.0. The number of thiazole rings is 1. The Kier molecular flexibility index (Phi) is 4.74. The molecule has 1 heterocycles. The van der Waals surface area contributed by atoms with Gasteiger partial charge < -0.3 is 5.32 Å². The Labute approximate surface area is 123 Å². The highest BCUT2D eigenvalue weighted by Crippen LogP contribution is 2.22. The van der Waals surface area contributed by atoms with Gasteiger partial charge in [0.05, 0.1) is 17.2 Å². The van der Waals surface area contributed by atoms with Gasteiger partial charge in [-0.1, -0.05) is 19.1 Å². The van der Waals surface area contributed by atoms with Crippen LogP contribution in [0.4, 0.5) is 5.69 Å². The molecular formula is C13H17N3O2S2. The molecule has 0 saturated heterocycles. The maximum atomic E-state index is 11.9. The van der Waals surface area contributed by atoms with E-state index in [0.717, 1.165) is 16.3 Å². The molecule has 108 valence electrons. The van der Waals surface area contributed by atoms with Crippen LogP contribution in [0.15, 0.2) is 35.4 Å². The van der Waals surface area contributed by atoms with Gasteiger partial charge in [0.15, 0.2) is 0 Å². The third kappa shape index (κ3) is 3.36. The number of aryl methyl sites for hydroxylation is 1. The Morgan fingerprint density at radius 3 is 2.70 bits per heavy atom.